The summed E-state index contributed by atoms with van der Waals surface area (Å²) in [5, 5.41) is 0. The van der Waals surface area contributed by atoms with E-state index in [1.54, 1.807) is 0 Å². The van der Waals surface area contributed by atoms with Gasteiger partial charge in [0.15, 0.2) is 0 Å². The fourth-order valence-corrected chi connectivity index (χ4v) is 2.08. The number of unbranched alkanes of at least 4 members (excludes halogenated alkanes) is 3. The molecule has 0 aromatic heterocycles. The molecule has 0 bridgehead atoms. The highest BCUT2D eigenvalue weighted by Crippen LogP contribution is 2.19. The molecule has 0 fully saturated rings. The van der Waals surface area contributed by atoms with Crippen LogP contribution in [0, 0.1) is 0 Å². The molecule has 0 heterocycles. The Morgan fingerprint density at radius 3 is 2.59 bits per heavy atom. The summed E-state index contributed by atoms with van der Waals surface area (Å²) in [5.74, 6) is 0. The molecule has 1 aromatic carbocycles. The van der Waals surface area contributed by atoms with Gasteiger partial charge in [-0.1, -0.05) is 50.5 Å². The first kappa shape index (κ1) is 14.0. The molecule has 0 aliphatic heterocycles. The first-order valence-corrected chi connectivity index (χ1v) is 6.67. The van der Waals surface area contributed by atoms with Gasteiger partial charge in [0.25, 0.3) is 0 Å². The molecule has 0 saturated heterocycles. The molecule has 0 unspecified atom stereocenters. The molecular weight excluding hydrogens is 228 g/mol. The number of thiocarbonyl (C=S) groups is 1. The lowest BCUT2D eigenvalue weighted by Crippen LogP contribution is -2.22. The summed E-state index contributed by atoms with van der Waals surface area (Å²) in [5.41, 5.74) is 7.84. The Hall–Kier alpha value is -1.09. The van der Waals surface area contributed by atoms with Gasteiger partial charge in [0.2, 0.25) is 0 Å². The predicted molar refractivity (Wildman–Crippen MR) is 79.7 cm³/mol. The molecular formula is C14H22N2S. The summed E-state index contributed by atoms with van der Waals surface area (Å²) in [6, 6.07) is 8.07. The second-order valence-electron chi connectivity index (χ2n) is 4.36. The van der Waals surface area contributed by atoms with E-state index >= 15 is 0 Å². The van der Waals surface area contributed by atoms with Crippen LogP contribution >= 0.6 is 12.2 Å². The molecule has 0 aliphatic carbocycles. The van der Waals surface area contributed by atoms with Gasteiger partial charge in [0.05, 0.1) is 0 Å². The van der Waals surface area contributed by atoms with Crippen LogP contribution in [0.4, 0.5) is 5.69 Å². The van der Waals surface area contributed by atoms with Crippen LogP contribution < -0.4 is 10.6 Å². The van der Waals surface area contributed by atoms with Crippen molar-refractivity contribution in [1.82, 2.24) is 0 Å². The van der Waals surface area contributed by atoms with E-state index in [2.05, 4.69) is 24.9 Å². The Morgan fingerprint density at radius 2 is 1.94 bits per heavy atom. The van der Waals surface area contributed by atoms with Crippen LogP contribution in [0.15, 0.2) is 24.3 Å². The van der Waals surface area contributed by atoms with Crippen LogP contribution in [0.5, 0.6) is 0 Å². The Balaban J connectivity index is 2.62. The van der Waals surface area contributed by atoms with E-state index in [1.165, 1.54) is 25.7 Å². The number of benzene rings is 1. The molecule has 2 N–H and O–H groups in total. The number of nitrogens with zero attached hydrogens (tertiary/aromatic N) is 1. The molecule has 0 atom stereocenters. The van der Waals surface area contributed by atoms with Gasteiger partial charge in [-0.05, 0) is 18.6 Å². The van der Waals surface area contributed by atoms with Crippen LogP contribution in [0.25, 0.3) is 0 Å². The van der Waals surface area contributed by atoms with E-state index in [9.17, 15) is 0 Å². The van der Waals surface area contributed by atoms with Crippen LogP contribution in [-0.4, -0.2) is 18.6 Å². The zero-order valence-electron chi connectivity index (χ0n) is 10.8. The van der Waals surface area contributed by atoms with Gasteiger partial charge in [0, 0.05) is 24.8 Å². The normalized spacial score (nSPS) is 10.2. The zero-order chi connectivity index (χ0) is 12.7. The third-order valence-corrected chi connectivity index (χ3v) is 3.15. The van der Waals surface area contributed by atoms with Crippen molar-refractivity contribution < 1.29 is 0 Å². The summed E-state index contributed by atoms with van der Waals surface area (Å²) < 4.78 is 0. The maximum absolute atomic E-state index is 5.73. The predicted octanol–water partition coefficient (Wildman–Crippen LogP) is 3.34. The van der Waals surface area contributed by atoms with Gasteiger partial charge in [-0.25, -0.2) is 0 Å². The van der Waals surface area contributed by atoms with Crippen molar-refractivity contribution in [3.63, 3.8) is 0 Å². The monoisotopic (exact) mass is 250 g/mol. The zero-order valence-corrected chi connectivity index (χ0v) is 11.6. The average Bonchev–Trinajstić information content (AvgIpc) is 2.34. The maximum Gasteiger partial charge on any atom is 0.106 e. The number of hydrogen-bond donors (Lipinski definition) is 1. The first-order valence-electron chi connectivity index (χ1n) is 6.26. The Bertz CT molecular complexity index is 363. The number of rotatable bonds is 7. The second kappa shape index (κ2) is 7.28. The fourth-order valence-electron chi connectivity index (χ4n) is 1.91. The van der Waals surface area contributed by atoms with Gasteiger partial charge >= 0.3 is 0 Å². The fraction of sp³-hybridized carbons (Fsp3) is 0.500. The molecule has 1 aromatic rings. The minimum Gasteiger partial charge on any atom is -0.389 e. The maximum atomic E-state index is 5.73. The van der Waals surface area contributed by atoms with Crippen molar-refractivity contribution >= 4 is 22.9 Å². The van der Waals surface area contributed by atoms with E-state index in [0.29, 0.717) is 4.99 Å². The van der Waals surface area contributed by atoms with Crippen LogP contribution in [-0.2, 0) is 0 Å². The number of anilines is 1. The average molecular weight is 250 g/mol. The third kappa shape index (κ3) is 4.35. The Labute approximate surface area is 110 Å². The van der Waals surface area contributed by atoms with Crippen molar-refractivity contribution in [2.24, 2.45) is 5.73 Å². The molecule has 0 spiro atoms. The van der Waals surface area contributed by atoms with Crippen molar-refractivity contribution in [2.75, 3.05) is 18.5 Å². The van der Waals surface area contributed by atoms with Gasteiger partial charge in [-0.15, -0.1) is 0 Å². The topological polar surface area (TPSA) is 29.3 Å². The third-order valence-electron chi connectivity index (χ3n) is 2.93. The first-order chi connectivity index (χ1) is 8.16. The molecule has 3 heteroatoms. The van der Waals surface area contributed by atoms with E-state index in [4.69, 9.17) is 18.0 Å². The summed E-state index contributed by atoms with van der Waals surface area (Å²) in [4.78, 5) is 2.71. The van der Waals surface area contributed by atoms with E-state index in [1.807, 2.05) is 18.2 Å². The summed E-state index contributed by atoms with van der Waals surface area (Å²) in [6.45, 7) is 3.28. The van der Waals surface area contributed by atoms with E-state index < -0.39 is 0 Å². The highest BCUT2D eigenvalue weighted by Gasteiger charge is 2.08. The summed E-state index contributed by atoms with van der Waals surface area (Å²) >= 11 is 5.07. The van der Waals surface area contributed by atoms with Crippen LogP contribution in [0.3, 0.4) is 0 Å². The molecule has 0 aliphatic rings. The molecule has 2 nitrogen and oxygen atoms in total. The second-order valence-corrected chi connectivity index (χ2v) is 4.80. The van der Waals surface area contributed by atoms with Crippen LogP contribution in [0.2, 0.25) is 0 Å². The van der Waals surface area contributed by atoms with Crippen molar-refractivity contribution in [3.05, 3.63) is 29.8 Å². The lowest BCUT2D eigenvalue weighted by Gasteiger charge is -2.22. The molecule has 94 valence electrons. The number of hydrogen-bond acceptors (Lipinski definition) is 2. The van der Waals surface area contributed by atoms with Gasteiger partial charge in [-0.2, -0.15) is 0 Å². The largest absolute Gasteiger partial charge is 0.389 e. The highest BCUT2D eigenvalue weighted by atomic mass is 32.1. The molecule has 17 heavy (non-hydrogen) atoms. The van der Waals surface area contributed by atoms with Gasteiger partial charge < -0.3 is 10.6 Å². The van der Waals surface area contributed by atoms with Crippen molar-refractivity contribution in [2.45, 2.75) is 32.6 Å². The van der Waals surface area contributed by atoms with Crippen molar-refractivity contribution in [1.29, 1.82) is 0 Å². The standard InChI is InChI=1S/C14H22N2S/c1-3-4-5-8-11-16(2)13-10-7-6-9-12(13)14(15)17/h6-7,9-10H,3-5,8,11H2,1-2H3,(H2,15,17). The van der Waals surface area contributed by atoms with E-state index in [0.717, 1.165) is 17.8 Å². The quantitative estimate of drug-likeness (QED) is 0.594. The molecule has 1 rings (SSSR count). The van der Waals surface area contributed by atoms with Crippen molar-refractivity contribution in [3.8, 4) is 0 Å². The Morgan fingerprint density at radius 1 is 1.24 bits per heavy atom. The number of nitrogens with two attached hydrogens (primary N) is 1. The minimum atomic E-state index is 0.473. The molecule has 0 radical (unpaired) electrons. The molecule has 0 saturated carbocycles. The lowest BCUT2D eigenvalue weighted by molar-refractivity contribution is 0.661. The van der Waals surface area contributed by atoms with Gasteiger partial charge in [0.1, 0.15) is 4.99 Å². The number of para-hydroxylation sites is 1. The van der Waals surface area contributed by atoms with E-state index in [-0.39, 0.29) is 0 Å². The smallest absolute Gasteiger partial charge is 0.106 e. The summed E-state index contributed by atoms with van der Waals surface area (Å²) in [6.07, 6.45) is 5.09. The minimum absolute atomic E-state index is 0.473. The van der Waals surface area contributed by atoms with Gasteiger partial charge in [-0.3, -0.25) is 0 Å². The highest BCUT2D eigenvalue weighted by molar-refractivity contribution is 7.80. The summed E-state index contributed by atoms with van der Waals surface area (Å²) in [7, 11) is 2.10. The lowest BCUT2D eigenvalue weighted by atomic mass is 10.1. The molecule has 0 amide bonds. The van der Waals surface area contributed by atoms with Crippen LogP contribution in [0.1, 0.15) is 38.2 Å². The SMILES string of the molecule is CCCCCCN(C)c1ccccc1C(N)=S. The Kier molecular flexibility index (Phi) is 5.98.